The predicted octanol–water partition coefficient (Wildman–Crippen LogP) is 2.13. The van der Waals surface area contributed by atoms with Gasteiger partial charge in [0.25, 0.3) is 6.20 Å². The predicted molar refractivity (Wildman–Crippen MR) is 76.4 cm³/mol. The third-order valence-electron chi connectivity index (χ3n) is 3.08. The molecule has 1 aromatic heterocycles. The number of H-pyrrole nitrogens is 1. The second-order valence-electron chi connectivity index (χ2n) is 4.78. The SMILES string of the molecule is Cc1cccc(COc2ccc(-[n+]3cc(=O)o[nH]3)cc2)c1. The van der Waals surface area contributed by atoms with Crippen molar-refractivity contribution in [2.24, 2.45) is 0 Å². The first kappa shape index (κ1) is 13.2. The van der Waals surface area contributed by atoms with Gasteiger partial charge in [0, 0.05) is 12.1 Å². The smallest absolute Gasteiger partial charge is 0.427 e. The molecule has 0 atom stereocenters. The Morgan fingerprint density at radius 1 is 1.19 bits per heavy atom. The van der Waals surface area contributed by atoms with Gasteiger partial charge >= 0.3 is 5.63 Å². The van der Waals surface area contributed by atoms with Crippen LogP contribution in [0.1, 0.15) is 11.1 Å². The Kier molecular flexibility index (Phi) is 3.55. The lowest BCUT2D eigenvalue weighted by atomic mass is 10.1. The zero-order chi connectivity index (χ0) is 14.7. The van der Waals surface area contributed by atoms with E-state index >= 15 is 0 Å². The molecule has 0 radical (unpaired) electrons. The highest BCUT2D eigenvalue weighted by Crippen LogP contribution is 2.14. The number of aryl methyl sites for hydroxylation is 1. The second kappa shape index (κ2) is 5.66. The van der Waals surface area contributed by atoms with Crippen LogP contribution in [0.2, 0.25) is 0 Å². The first-order valence-electron chi connectivity index (χ1n) is 6.60. The fourth-order valence-electron chi connectivity index (χ4n) is 2.05. The average molecular weight is 283 g/mol. The molecule has 0 aliphatic carbocycles. The number of nitrogens with one attached hydrogen (secondary N) is 1. The Balaban J connectivity index is 1.68. The molecule has 21 heavy (non-hydrogen) atoms. The molecule has 5 nitrogen and oxygen atoms in total. The molecule has 2 aromatic carbocycles. The van der Waals surface area contributed by atoms with E-state index in [9.17, 15) is 4.79 Å². The van der Waals surface area contributed by atoms with Crippen LogP contribution in [0, 0.1) is 6.92 Å². The summed E-state index contributed by atoms with van der Waals surface area (Å²) in [5, 5.41) is 2.49. The number of hydrogen-bond donors (Lipinski definition) is 1. The Morgan fingerprint density at radius 3 is 2.67 bits per heavy atom. The van der Waals surface area contributed by atoms with Crippen molar-refractivity contribution in [3.05, 3.63) is 76.3 Å². The molecular weight excluding hydrogens is 268 g/mol. The van der Waals surface area contributed by atoms with E-state index in [2.05, 4.69) is 28.9 Å². The van der Waals surface area contributed by atoms with Crippen molar-refractivity contribution in [1.29, 1.82) is 0 Å². The minimum Gasteiger partial charge on any atom is -0.489 e. The standard InChI is InChI=1S/C16H14N2O3/c1-12-3-2-4-13(9-12)11-20-15-7-5-14(6-8-15)18-10-16(19)21-17-18/h2-10H,11H2,1H3/p+1. The molecule has 3 aromatic rings. The molecule has 0 aliphatic rings. The lowest BCUT2D eigenvalue weighted by Gasteiger charge is -2.06. The van der Waals surface area contributed by atoms with Crippen molar-refractivity contribution in [3.63, 3.8) is 0 Å². The van der Waals surface area contributed by atoms with E-state index in [0.29, 0.717) is 6.61 Å². The number of nitrogens with zero attached hydrogens (tertiary/aromatic N) is 1. The van der Waals surface area contributed by atoms with Crippen molar-refractivity contribution in [2.45, 2.75) is 13.5 Å². The first-order chi connectivity index (χ1) is 10.2. The molecule has 0 saturated carbocycles. The molecule has 0 bridgehead atoms. The third-order valence-corrected chi connectivity index (χ3v) is 3.08. The molecular formula is C16H15N2O3+. The number of aromatic amines is 1. The number of rotatable bonds is 4. The largest absolute Gasteiger partial charge is 0.489 e. The quantitative estimate of drug-likeness (QED) is 0.746. The summed E-state index contributed by atoms with van der Waals surface area (Å²) in [6.45, 7) is 2.58. The number of hydrogen-bond acceptors (Lipinski definition) is 3. The summed E-state index contributed by atoms with van der Waals surface area (Å²) >= 11 is 0. The molecule has 0 amide bonds. The summed E-state index contributed by atoms with van der Waals surface area (Å²) in [6, 6.07) is 15.6. The van der Waals surface area contributed by atoms with Gasteiger partial charge in [0.15, 0.2) is 0 Å². The molecule has 0 spiro atoms. The van der Waals surface area contributed by atoms with Crippen LogP contribution in [0.15, 0.2) is 64.0 Å². The average Bonchev–Trinajstić information content (AvgIpc) is 2.92. The van der Waals surface area contributed by atoms with Gasteiger partial charge in [0.1, 0.15) is 12.4 Å². The molecule has 1 heterocycles. The molecule has 5 heteroatoms. The topological polar surface area (TPSA) is 59.1 Å². The van der Waals surface area contributed by atoms with Gasteiger partial charge in [-0.2, -0.15) is 0 Å². The highest BCUT2D eigenvalue weighted by Gasteiger charge is 2.10. The van der Waals surface area contributed by atoms with E-state index in [4.69, 9.17) is 4.74 Å². The summed E-state index contributed by atoms with van der Waals surface area (Å²) in [7, 11) is 0. The molecule has 0 unspecified atom stereocenters. The summed E-state index contributed by atoms with van der Waals surface area (Å²) in [4.78, 5) is 11.0. The maximum atomic E-state index is 11.0. The van der Waals surface area contributed by atoms with Gasteiger partial charge in [0.05, 0.1) is 0 Å². The van der Waals surface area contributed by atoms with Crippen LogP contribution in [-0.4, -0.2) is 5.27 Å². The summed E-state index contributed by atoms with van der Waals surface area (Å²) in [5.41, 5.74) is 2.72. The Morgan fingerprint density at radius 2 is 2.00 bits per heavy atom. The Labute approximate surface area is 121 Å². The van der Waals surface area contributed by atoms with Crippen LogP contribution in [0.25, 0.3) is 5.69 Å². The maximum Gasteiger partial charge on any atom is 0.427 e. The van der Waals surface area contributed by atoms with E-state index in [1.165, 1.54) is 16.4 Å². The van der Waals surface area contributed by atoms with E-state index in [0.717, 1.165) is 17.0 Å². The summed E-state index contributed by atoms with van der Waals surface area (Å²) in [5.74, 6) is 0.770. The normalized spacial score (nSPS) is 10.5. The van der Waals surface area contributed by atoms with Crippen molar-refractivity contribution in [2.75, 3.05) is 0 Å². The molecule has 3 rings (SSSR count). The van der Waals surface area contributed by atoms with Crippen LogP contribution in [0.4, 0.5) is 0 Å². The van der Waals surface area contributed by atoms with Gasteiger partial charge in [-0.05, 0) is 34.6 Å². The van der Waals surface area contributed by atoms with E-state index in [-0.39, 0.29) is 0 Å². The zero-order valence-corrected chi connectivity index (χ0v) is 11.6. The minimum atomic E-state index is -0.422. The third kappa shape index (κ3) is 3.20. The van der Waals surface area contributed by atoms with Gasteiger partial charge in [-0.15, -0.1) is 0 Å². The maximum absolute atomic E-state index is 11.0. The number of benzene rings is 2. The number of ether oxygens (including phenoxy) is 1. The van der Waals surface area contributed by atoms with Gasteiger partial charge in [0.2, 0.25) is 5.69 Å². The van der Waals surface area contributed by atoms with Crippen LogP contribution in [0.3, 0.4) is 0 Å². The lowest BCUT2D eigenvalue weighted by molar-refractivity contribution is -0.670. The van der Waals surface area contributed by atoms with Crippen molar-refractivity contribution in [1.82, 2.24) is 5.27 Å². The van der Waals surface area contributed by atoms with Gasteiger partial charge in [-0.25, -0.2) is 4.79 Å². The van der Waals surface area contributed by atoms with Gasteiger partial charge < -0.3 is 4.74 Å². The van der Waals surface area contributed by atoms with Crippen LogP contribution in [-0.2, 0) is 6.61 Å². The minimum absolute atomic E-state index is 0.422. The Bertz CT molecular complexity index is 788. The summed E-state index contributed by atoms with van der Waals surface area (Å²) < 4.78 is 11.9. The monoisotopic (exact) mass is 283 g/mol. The van der Waals surface area contributed by atoms with Crippen molar-refractivity contribution in [3.8, 4) is 11.4 Å². The molecule has 106 valence electrons. The van der Waals surface area contributed by atoms with Crippen LogP contribution in [0.5, 0.6) is 5.75 Å². The van der Waals surface area contributed by atoms with Gasteiger partial charge in [-0.1, -0.05) is 29.8 Å². The van der Waals surface area contributed by atoms with Gasteiger partial charge in [-0.3, -0.25) is 4.52 Å². The highest BCUT2D eigenvalue weighted by atomic mass is 16.5. The fraction of sp³-hybridized carbons (Fsp3) is 0.125. The van der Waals surface area contributed by atoms with Crippen LogP contribution >= 0.6 is 0 Å². The zero-order valence-electron chi connectivity index (χ0n) is 11.6. The Hall–Kier alpha value is -2.82. The lowest BCUT2D eigenvalue weighted by Crippen LogP contribution is -2.31. The first-order valence-corrected chi connectivity index (χ1v) is 6.60. The van der Waals surface area contributed by atoms with Crippen LogP contribution < -0.4 is 15.0 Å². The molecule has 0 saturated heterocycles. The molecule has 1 N–H and O–H groups in total. The van der Waals surface area contributed by atoms with Crippen molar-refractivity contribution < 1.29 is 13.9 Å². The van der Waals surface area contributed by atoms with E-state index < -0.39 is 5.63 Å². The van der Waals surface area contributed by atoms with E-state index in [1.54, 1.807) is 0 Å². The fourth-order valence-corrected chi connectivity index (χ4v) is 2.05. The van der Waals surface area contributed by atoms with Crippen molar-refractivity contribution >= 4 is 0 Å². The van der Waals surface area contributed by atoms with E-state index in [1.807, 2.05) is 36.4 Å². The molecule has 0 fully saturated rings. The highest BCUT2D eigenvalue weighted by molar-refractivity contribution is 5.31. The number of aromatic nitrogens is 2. The summed E-state index contributed by atoms with van der Waals surface area (Å²) in [6.07, 6.45) is 1.34. The second-order valence-corrected chi connectivity index (χ2v) is 4.78. The molecule has 0 aliphatic heterocycles.